The molecule has 0 saturated heterocycles. The molecule has 1 aliphatic heterocycles. The molecule has 5 rings (SSSR count). The first-order chi connectivity index (χ1) is 17.5. The number of halogens is 4. The van der Waals surface area contributed by atoms with Crippen LogP contribution >= 0.6 is 0 Å². The maximum atomic E-state index is 13.9. The Kier molecular flexibility index (Phi) is 5.70. The number of hydrogen-bond acceptors (Lipinski definition) is 5. The van der Waals surface area contributed by atoms with Crippen molar-refractivity contribution in [1.29, 1.82) is 0 Å². The summed E-state index contributed by atoms with van der Waals surface area (Å²) in [6.07, 6.45) is -4.68. The lowest BCUT2D eigenvalue weighted by Crippen LogP contribution is -2.29. The average Bonchev–Trinajstić information content (AvgIpc) is 3.15. The minimum absolute atomic E-state index is 0.0432. The Morgan fingerprint density at radius 3 is 2.43 bits per heavy atom. The number of benzene rings is 3. The lowest BCUT2D eigenvalue weighted by Gasteiger charge is -2.26. The number of rotatable bonds is 5. The molecule has 3 aromatic carbocycles. The minimum Gasteiger partial charge on any atom is -0.484 e. The molecule has 1 atom stereocenters. The highest BCUT2D eigenvalue weighted by Crippen LogP contribution is 2.43. The first-order valence-electron chi connectivity index (χ1n) is 10.8. The van der Waals surface area contributed by atoms with Gasteiger partial charge in [0.25, 0.3) is 11.8 Å². The van der Waals surface area contributed by atoms with Gasteiger partial charge in [0, 0.05) is 5.69 Å². The second kappa shape index (κ2) is 8.77. The van der Waals surface area contributed by atoms with Crippen LogP contribution < -0.4 is 20.8 Å². The number of ether oxygens (including phenoxy) is 1. The lowest BCUT2D eigenvalue weighted by atomic mass is 9.98. The Hall–Kier alpha value is -4.67. The van der Waals surface area contributed by atoms with Gasteiger partial charge in [-0.25, -0.2) is 4.39 Å². The molecule has 2 amide bonds. The third-order valence-corrected chi connectivity index (χ3v) is 5.86. The fourth-order valence-corrected chi connectivity index (χ4v) is 4.26. The van der Waals surface area contributed by atoms with Crippen LogP contribution in [0.3, 0.4) is 0 Å². The fraction of sp³-hybridized carbons (Fsp3) is 0.115. The molecule has 1 aromatic heterocycles. The van der Waals surface area contributed by atoms with Crippen molar-refractivity contribution in [3.05, 3.63) is 105 Å². The normalized spacial score (nSPS) is 15.2. The third kappa shape index (κ3) is 4.28. The lowest BCUT2D eigenvalue weighted by molar-refractivity contribution is -0.137. The van der Waals surface area contributed by atoms with Gasteiger partial charge in [-0.15, -0.1) is 0 Å². The van der Waals surface area contributed by atoms with E-state index in [1.54, 1.807) is 0 Å². The summed E-state index contributed by atoms with van der Waals surface area (Å²) >= 11 is 0. The zero-order chi connectivity index (χ0) is 26.5. The molecule has 11 heteroatoms. The third-order valence-electron chi connectivity index (χ3n) is 5.86. The Labute approximate surface area is 205 Å². The molecule has 0 bridgehead atoms. The van der Waals surface area contributed by atoms with Crippen LogP contribution in [0.25, 0.3) is 11.0 Å². The summed E-state index contributed by atoms with van der Waals surface area (Å²) < 4.78 is 65.2. The predicted octanol–water partition coefficient (Wildman–Crippen LogP) is 4.56. The Morgan fingerprint density at radius 1 is 1.03 bits per heavy atom. The van der Waals surface area contributed by atoms with E-state index in [9.17, 15) is 31.9 Å². The number of hydrogen-bond donors (Lipinski definition) is 1. The van der Waals surface area contributed by atoms with Gasteiger partial charge in [-0.05, 0) is 54.1 Å². The number of amides is 2. The van der Waals surface area contributed by atoms with Gasteiger partial charge in [0.1, 0.15) is 17.1 Å². The van der Waals surface area contributed by atoms with Gasteiger partial charge in [-0.3, -0.25) is 19.3 Å². The molecule has 37 heavy (non-hydrogen) atoms. The van der Waals surface area contributed by atoms with Gasteiger partial charge in [0.05, 0.1) is 22.6 Å². The first-order valence-corrected chi connectivity index (χ1v) is 10.8. The van der Waals surface area contributed by atoms with Crippen molar-refractivity contribution in [3.63, 3.8) is 0 Å². The maximum Gasteiger partial charge on any atom is 0.416 e. The Morgan fingerprint density at radius 2 is 1.76 bits per heavy atom. The molecule has 1 unspecified atom stereocenters. The Bertz CT molecular complexity index is 1610. The molecule has 0 saturated carbocycles. The van der Waals surface area contributed by atoms with E-state index >= 15 is 0 Å². The monoisotopic (exact) mass is 512 g/mol. The van der Waals surface area contributed by atoms with E-state index in [2.05, 4.69) is 0 Å². The summed E-state index contributed by atoms with van der Waals surface area (Å²) in [5.41, 5.74) is 3.41. The quantitative estimate of drug-likeness (QED) is 0.395. The van der Waals surface area contributed by atoms with Crippen molar-refractivity contribution in [2.75, 3.05) is 11.5 Å². The van der Waals surface area contributed by atoms with Crippen molar-refractivity contribution in [1.82, 2.24) is 0 Å². The minimum atomic E-state index is -4.68. The molecule has 0 fully saturated rings. The number of anilines is 1. The van der Waals surface area contributed by atoms with Gasteiger partial charge in [0.15, 0.2) is 12.0 Å². The first kappa shape index (κ1) is 24.0. The van der Waals surface area contributed by atoms with Gasteiger partial charge in [-0.2, -0.15) is 13.2 Å². The summed E-state index contributed by atoms with van der Waals surface area (Å²) in [5.74, 6) is -2.35. The highest BCUT2D eigenvalue weighted by molar-refractivity contribution is 6.10. The second-order valence-electron chi connectivity index (χ2n) is 8.26. The van der Waals surface area contributed by atoms with Gasteiger partial charge in [0.2, 0.25) is 5.76 Å². The van der Waals surface area contributed by atoms with E-state index in [0.717, 1.165) is 35.2 Å². The summed E-state index contributed by atoms with van der Waals surface area (Å²) in [7, 11) is 0. The Balaban J connectivity index is 1.71. The van der Waals surface area contributed by atoms with Gasteiger partial charge in [-0.1, -0.05) is 18.2 Å². The van der Waals surface area contributed by atoms with Crippen molar-refractivity contribution in [2.24, 2.45) is 5.73 Å². The smallest absolute Gasteiger partial charge is 0.416 e. The molecule has 4 aromatic rings. The number of carbonyl (C=O) groups is 2. The zero-order valence-corrected chi connectivity index (χ0v) is 18.7. The molecule has 7 nitrogen and oxygen atoms in total. The topological polar surface area (TPSA) is 103 Å². The van der Waals surface area contributed by atoms with E-state index < -0.39 is 40.8 Å². The molecular formula is C26H16F4N2O5. The predicted molar refractivity (Wildman–Crippen MR) is 124 cm³/mol. The number of alkyl halides is 3. The number of nitrogens with two attached hydrogens (primary N) is 1. The molecule has 2 N–H and O–H groups in total. The highest BCUT2D eigenvalue weighted by atomic mass is 19.4. The standard InChI is InChI=1S/C26H16F4N2O5/c27-15-6-9-19-18(11-15)23(34)21-22(13-4-7-17(8-5-13)36-12-20(31)33)32(25(35)24(21)37-19)16-3-1-2-14(10-16)26(28,29)30/h1-11,22H,12H2,(H2,31,33). The zero-order valence-electron chi connectivity index (χ0n) is 18.7. The van der Waals surface area contributed by atoms with Crippen LogP contribution in [0.5, 0.6) is 5.75 Å². The molecule has 1 aliphatic rings. The number of fused-ring (bicyclic) bond motifs is 2. The van der Waals surface area contributed by atoms with Crippen LogP contribution in [0, 0.1) is 5.82 Å². The molecular weight excluding hydrogens is 496 g/mol. The van der Waals surface area contributed by atoms with Crippen LogP contribution in [0.1, 0.15) is 33.3 Å². The van der Waals surface area contributed by atoms with E-state index in [-0.39, 0.29) is 40.3 Å². The van der Waals surface area contributed by atoms with Crippen molar-refractivity contribution in [2.45, 2.75) is 12.2 Å². The summed E-state index contributed by atoms with van der Waals surface area (Å²) in [6.45, 7) is -0.387. The van der Waals surface area contributed by atoms with Crippen LogP contribution in [-0.2, 0) is 11.0 Å². The van der Waals surface area contributed by atoms with Gasteiger partial charge < -0.3 is 14.9 Å². The summed E-state index contributed by atoms with van der Waals surface area (Å²) in [5, 5.41) is -0.121. The molecule has 188 valence electrons. The van der Waals surface area contributed by atoms with E-state index in [1.807, 2.05) is 0 Å². The number of nitrogens with zero attached hydrogens (tertiary/aromatic N) is 1. The van der Waals surface area contributed by atoms with Crippen LogP contribution in [0.15, 0.2) is 75.9 Å². The molecule has 0 spiro atoms. The maximum absolute atomic E-state index is 13.9. The number of carbonyl (C=O) groups excluding carboxylic acids is 2. The second-order valence-corrected chi connectivity index (χ2v) is 8.26. The van der Waals surface area contributed by atoms with Crippen LogP contribution in [-0.4, -0.2) is 18.4 Å². The van der Waals surface area contributed by atoms with E-state index in [1.165, 1.54) is 36.4 Å². The molecule has 0 radical (unpaired) electrons. The number of primary amides is 1. The molecule has 2 heterocycles. The van der Waals surface area contributed by atoms with Crippen molar-refractivity contribution in [3.8, 4) is 5.75 Å². The van der Waals surface area contributed by atoms with Crippen molar-refractivity contribution < 1.29 is 36.3 Å². The fourth-order valence-electron chi connectivity index (χ4n) is 4.26. The summed E-state index contributed by atoms with van der Waals surface area (Å²) in [4.78, 5) is 39.0. The molecule has 0 aliphatic carbocycles. The van der Waals surface area contributed by atoms with Crippen LogP contribution in [0.4, 0.5) is 23.2 Å². The van der Waals surface area contributed by atoms with Crippen molar-refractivity contribution >= 4 is 28.5 Å². The SMILES string of the molecule is NC(=O)COc1ccc(C2c3c(oc4ccc(F)cc4c3=O)C(=O)N2c2cccc(C(F)(F)F)c2)cc1. The largest absolute Gasteiger partial charge is 0.484 e. The highest BCUT2D eigenvalue weighted by Gasteiger charge is 2.44. The average molecular weight is 512 g/mol. The van der Waals surface area contributed by atoms with E-state index in [4.69, 9.17) is 14.9 Å². The summed E-state index contributed by atoms with van der Waals surface area (Å²) in [6, 6.07) is 12.0. The van der Waals surface area contributed by atoms with Gasteiger partial charge >= 0.3 is 6.18 Å². The van der Waals surface area contributed by atoms with E-state index in [0.29, 0.717) is 5.56 Å². The van der Waals surface area contributed by atoms with Crippen LogP contribution in [0.2, 0.25) is 0 Å².